The summed E-state index contributed by atoms with van der Waals surface area (Å²) in [5, 5.41) is 0. The largest absolute Gasteiger partial charge is 0.493 e. The Hall–Kier alpha value is -3.22. The number of nitrogens with zero attached hydrogens (tertiary/aromatic N) is 2. The molecule has 0 aromatic heterocycles. The predicted octanol–water partition coefficient (Wildman–Crippen LogP) is 4.77. The van der Waals surface area contributed by atoms with Gasteiger partial charge in [0, 0.05) is 13.1 Å². The molecule has 0 aliphatic carbocycles. The number of benzene rings is 2. The van der Waals surface area contributed by atoms with Gasteiger partial charge in [-0.2, -0.15) is 0 Å². The zero-order valence-corrected chi connectivity index (χ0v) is 20.8. The van der Waals surface area contributed by atoms with Gasteiger partial charge in [-0.15, -0.1) is 0 Å². The molecule has 0 atom stereocenters. The van der Waals surface area contributed by atoms with Crippen molar-refractivity contribution in [2.24, 2.45) is 0 Å². The van der Waals surface area contributed by atoms with Crippen LogP contribution in [0, 0.1) is 6.92 Å². The second-order valence-corrected chi connectivity index (χ2v) is 9.69. The molecule has 182 valence electrons. The molecule has 2 aliphatic heterocycles. The summed E-state index contributed by atoms with van der Waals surface area (Å²) in [6, 6.07) is 9.40. The smallest absolute Gasteiger partial charge is 0.410 e. The standard InChI is InChI=1S/C27H34N2O5/c1-6-32-22-10-8-7-9-21(22)25(30)29-15-16-33-23-17-19-11-13-28(26(31)34-27(3,4)5)14-12-20(19)18(2)24(23)29/h7-10,17H,6,11-16H2,1-5H3. The van der Waals surface area contributed by atoms with Gasteiger partial charge in [0.2, 0.25) is 0 Å². The second kappa shape index (κ2) is 9.57. The summed E-state index contributed by atoms with van der Waals surface area (Å²) < 4.78 is 17.3. The molecule has 2 aromatic carbocycles. The maximum absolute atomic E-state index is 13.6. The fourth-order valence-corrected chi connectivity index (χ4v) is 4.65. The minimum Gasteiger partial charge on any atom is -0.493 e. The van der Waals surface area contributed by atoms with Crippen molar-refractivity contribution in [1.29, 1.82) is 0 Å². The number of fused-ring (bicyclic) bond motifs is 2. The SMILES string of the molecule is CCOc1ccccc1C(=O)N1CCOc2cc3c(c(C)c21)CCN(C(=O)OC(C)(C)C)CC3. The van der Waals surface area contributed by atoms with Crippen molar-refractivity contribution < 1.29 is 23.8 Å². The summed E-state index contributed by atoms with van der Waals surface area (Å²) in [5.41, 5.74) is 4.19. The van der Waals surface area contributed by atoms with Gasteiger partial charge in [0.15, 0.2) is 0 Å². The number of hydrogen-bond donors (Lipinski definition) is 0. The van der Waals surface area contributed by atoms with Gasteiger partial charge in [-0.05, 0) is 82.3 Å². The molecule has 34 heavy (non-hydrogen) atoms. The molecule has 2 heterocycles. The molecule has 4 rings (SSSR count). The van der Waals surface area contributed by atoms with Crippen molar-refractivity contribution in [3.8, 4) is 11.5 Å². The average Bonchev–Trinajstić information content (AvgIpc) is 3.01. The third-order valence-corrected chi connectivity index (χ3v) is 6.17. The molecule has 2 aliphatic rings. The third-order valence-electron chi connectivity index (χ3n) is 6.17. The lowest BCUT2D eigenvalue weighted by atomic mass is 9.94. The Balaban J connectivity index is 1.65. The summed E-state index contributed by atoms with van der Waals surface area (Å²) in [7, 11) is 0. The van der Waals surface area contributed by atoms with E-state index in [1.165, 1.54) is 5.56 Å². The molecule has 7 nitrogen and oxygen atoms in total. The molecule has 2 amide bonds. The molecule has 0 spiro atoms. The molecular formula is C27H34N2O5. The molecule has 0 saturated heterocycles. The number of anilines is 1. The predicted molar refractivity (Wildman–Crippen MR) is 131 cm³/mol. The van der Waals surface area contributed by atoms with Crippen molar-refractivity contribution in [2.45, 2.75) is 53.1 Å². The van der Waals surface area contributed by atoms with E-state index in [0.29, 0.717) is 57.0 Å². The van der Waals surface area contributed by atoms with Gasteiger partial charge in [0.05, 0.1) is 24.4 Å². The molecule has 0 fully saturated rings. The van der Waals surface area contributed by atoms with E-state index in [9.17, 15) is 9.59 Å². The van der Waals surface area contributed by atoms with Crippen LogP contribution in [0.15, 0.2) is 30.3 Å². The van der Waals surface area contributed by atoms with E-state index < -0.39 is 5.60 Å². The van der Waals surface area contributed by atoms with Crippen molar-refractivity contribution in [1.82, 2.24) is 4.90 Å². The number of para-hydroxylation sites is 1. The van der Waals surface area contributed by atoms with Crippen LogP contribution in [0.2, 0.25) is 0 Å². The van der Waals surface area contributed by atoms with E-state index in [1.807, 2.05) is 63.8 Å². The van der Waals surface area contributed by atoms with Crippen LogP contribution < -0.4 is 14.4 Å². The highest BCUT2D eigenvalue weighted by molar-refractivity contribution is 6.09. The lowest BCUT2D eigenvalue weighted by Crippen LogP contribution is -2.39. The summed E-state index contributed by atoms with van der Waals surface area (Å²) in [6.45, 7) is 12.1. The number of carbonyl (C=O) groups is 2. The highest BCUT2D eigenvalue weighted by Gasteiger charge is 2.32. The Morgan fingerprint density at radius 2 is 1.82 bits per heavy atom. The first-order chi connectivity index (χ1) is 16.2. The first-order valence-corrected chi connectivity index (χ1v) is 12.0. The van der Waals surface area contributed by atoms with Crippen molar-refractivity contribution in [3.05, 3.63) is 52.6 Å². The van der Waals surface area contributed by atoms with Gasteiger partial charge in [-0.25, -0.2) is 4.79 Å². The second-order valence-electron chi connectivity index (χ2n) is 9.69. The van der Waals surface area contributed by atoms with Crippen molar-refractivity contribution >= 4 is 17.7 Å². The monoisotopic (exact) mass is 466 g/mol. The first kappa shape index (κ1) is 23.9. The van der Waals surface area contributed by atoms with E-state index >= 15 is 0 Å². The maximum Gasteiger partial charge on any atom is 0.410 e. The molecule has 7 heteroatoms. The number of hydrogen-bond acceptors (Lipinski definition) is 5. The van der Waals surface area contributed by atoms with Gasteiger partial charge in [-0.1, -0.05) is 12.1 Å². The van der Waals surface area contributed by atoms with Gasteiger partial charge >= 0.3 is 6.09 Å². The van der Waals surface area contributed by atoms with Crippen LogP contribution in [0.4, 0.5) is 10.5 Å². The molecule has 0 saturated carbocycles. The number of ether oxygens (including phenoxy) is 3. The molecule has 0 unspecified atom stereocenters. The summed E-state index contributed by atoms with van der Waals surface area (Å²) in [4.78, 5) is 29.9. The van der Waals surface area contributed by atoms with E-state index in [-0.39, 0.29) is 12.0 Å². The third kappa shape index (κ3) is 4.83. The number of amides is 2. The van der Waals surface area contributed by atoms with E-state index in [0.717, 1.165) is 22.6 Å². The van der Waals surface area contributed by atoms with Crippen LogP contribution in [0.25, 0.3) is 0 Å². The normalized spacial score (nSPS) is 15.6. The molecule has 0 bridgehead atoms. The summed E-state index contributed by atoms with van der Waals surface area (Å²) >= 11 is 0. The van der Waals surface area contributed by atoms with Gasteiger partial charge in [0.1, 0.15) is 23.7 Å². The van der Waals surface area contributed by atoms with Gasteiger partial charge < -0.3 is 24.0 Å². The Morgan fingerprint density at radius 1 is 1.09 bits per heavy atom. The fourth-order valence-electron chi connectivity index (χ4n) is 4.65. The Bertz CT molecular complexity index is 1090. The van der Waals surface area contributed by atoms with Crippen LogP contribution in [0.5, 0.6) is 11.5 Å². The van der Waals surface area contributed by atoms with Crippen LogP contribution in [0.3, 0.4) is 0 Å². The fraction of sp³-hybridized carbons (Fsp3) is 0.481. The topological polar surface area (TPSA) is 68.3 Å². The molecule has 0 N–H and O–H groups in total. The molecular weight excluding hydrogens is 432 g/mol. The van der Waals surface area contributed by atoms with Crippen LogP contribution >= 0.6 is 0 Å². The number of carbonyl (C=O) groups excluding carboxylic acids is 2. The minimum absolute atomic E-state index is 0.0966. The van der Waals surface area contributed by atoms with Crippen molar-refractivity contribution in [2.75, 3.05) is 37.7 Å². The zero-order chi connectivity index (χ0) is 24.5. The summed E-state index contributed by atoms with van der Waals surface area (Å²) in [6.07, 6.45) is 1.13. The highest BCUT2D eigenvalue weighted by atomic mass is 16.6. The van der Waals surface area contributed by atoms with E-state index in [2.05, 4.69) is 0 Å². The van der Waals surface area contributed by atoms with Crippen LogP contribution in [0.1, 0.15) is 54.7 Å². The van der Waals surface area contributed by atoms with Crippen molar-refractivity contribution in [3.63, 3.8) is 0 Å². The van der Waals surface area contributed by atoms with Gasteiger partial charge in [-0.3, -0.25) is 4.79 Å². The average molecular weight is 467 g/mol. The Labute approximate surface area is 201 Å². The Morgan fingerprint density at radius 3 is 2.56 bits per heavy atom. The lowest BCUT2D eigenvalue weighted by Gasteiger charge is -2.33. The van der Waals surface area contributed by atoms with E-state index in [1.54, 1.807) is 11.0 Å². The Kier molecular flexibility index (Phi) is 6.73. The first-order valence-electron chi connectivity index (χ1n) is 12.0. The zero-order valence-electron chi connectivity index (χ0n) is 20.8. The summed E-state index contributed by atoms with van der Waals surface area (Å²) in [5.74, 6) is 1.21. The van der Waals surface area contributed by atoms with Crippen LogP contribution in [-0.2, 0) is 17.6 Å². The molecule has 0 radical (unpaired) electrons. The van der Waals surface area contributed by atoms with E-state index in [4.69, 9.17) is 14.2 Å². The van der Waals surface area contributed by atoms with Crippen LogP contribution in [-0.4, -0.2) is 55.3 Å². The molecule has 2 aromatic rings. The minimum atomic E-state index is -0.530. The maximum atomic E-state index is 13.6. The van der Waals surface area contributed by atoms with Gasteiger partial charge in [0.25, 0.3) is 5.91 Å². The lowest BCUT2D eigenvalue weighted by molar-refractivity contribution is 0.0258. The highest BCUT2D eigenvalue weighted by Crippen LogP contribution is 2.41. The quantitative estimate of drug-likeness (QED) is 0.652. The number of rotatable bonds is 3.